The second-order valence-electron chi connectivity index (χ2n) is 7.24. The predicted octanol–water partition coefficient (Wildman–Crippen LogP) is 6.19. The van der Waals surface area contributed by atoms with Gasteiger partial charge in [0, 0.05) is 21.5 Å². The van der Waals surface area contributed by atoms with Gasteiger partial charge < -0.3 is 14.8 Å². The normalized spacial score (nSPS) is 10.6. The summed E-state index contributed by atoms with van der Waals surface area (Å²) in [6, 6.07) is 19.9. The van der Waals surface area contributed by atoms with Crippen molar-refractivity contribution in [3.8, 4) is 11.1 Å². The first-order valence-corrected chi connectivity index (χ1v) is 11.7. The molecule has 4 rings (SSSR count). The lowest BCUT2D eigenvalue weighted by molar-refractivity contribution is -0.119. The number of ether oxygens (including phenoxy) is 2. The minimum atomic E-state index is -0.616. The number of hydrogen-bond acceptors (Lipinski definition) is 6. The first-order valence-electron chi connectivity index (χ1n) is 10.5. The van der Waals surface area contributed by atoms with Gasteiger partial charge >= 0.3 is 11.9 Å². The number of rotatable bonds is 7. The number of amides is 1. The molecule has 3 aromatic carbocycles. The SMILES string of the molecule is CCOC(=O)c1c(-c2ccccc2Cl)csc1NC(=O)COC(=O)c1ccc2ccccc2c1. The number of esters is 2. The van der Waals surface area contributed by atoms with E-state index in [1.54, 1.807) is 48.7 Å². The molecule has 0 unspecified atom stereocenters. The fraction of sp³-hybridized carbons (Fsp3) is 0.115. The fourth-order valence-corrected chi connectivity index (χ4v) is 4.63. The lowest BCUT2D eigenvalue weighted by atomic mass is 10.0. The van der Waals surface area contributed by atoms with Crippen LogP contribution in [0.3, 0.4) is 0 Å². The molecule has 0 aliphatic rings. The molecule has 0 fully saturated rings. The summed E-state index contributed by atoms with van der Waals surface area (Å²) in [5.41, 5.74) is 1.74. The fourth-order valence-electron chi connectivity index (χ4n) is 3.43. The van der Waals surface area contributed by atoms with E-state index in [1.807, 2.05) is 30.3 Å². The molecule has 1 aromatic heterocycles. The zero-order chi connectivity index (χ0) is 24.1. The molecule has 0 spiro atoms. The highest BCUT2D eigenvalue weighted by molar-refractivity contribution is 7.15. The van der Waals surface area contributed by atoms with Gasteiger partial charge in [-0.2, -0.15) is 0 Å². The van der Waals surface area contributed by atoms with Crippen molar-refractivity contribution in [3.05, 3.63) is 88.3 Å². The van der Waals surface area contributed by atoms with E-state index < -0.39 is 24.5 Å². The maximum atomic E-state index is 12.7. The number of halogens is 1. The Morgan fingerprint density at radius 2 is 1.62 bits per heavy atom. The third-order valence-electron chi connectivity index (χ3n) is 5.01. The Labute approximate surface area is 205 Å². The average molecular weight is 494 g/mol. The minimum absolute atomic E-state index is 0.174. The molecule has 0 atom stereocenters. The number of hydrogen-bond donors (Lipinski definition) is 1. The van der Waals surface area contributed by atoms with Crippen LogP contribution in [0, 0.1) is 0 Å². The first-order chi connectivity index (χ1) is 16.5. The van der Waals surface area contributed by atoms with Gasteiger partial charge in [-0.15, -0.1) is 11.3 Å². The standard InChI is InChI=1S/C26H20ClNO5S/c1-2-32-26(31)23-20(19-9-5-6-10-21(19)27)15-34-24(23)28-22(29)14-33-25(30)18-12-11-16-7-3-4-8-17(16)13-18/h3-13,15H,2,14H2,1H3,(H,28,29). The molecular weight excluding hydrogens is 474 g/mol. The van der Waals surface area contributed by atoms with Gasteiger partial charge in [0.25, 0.3) is 5.91 Å². The van der Waals surface area contributed by atoms with Crippen LogP contribution in [-0.2, 0) is 14.3 Å². The number of thiophene rings is 1. The summed E-state index contributed by atoms with van der Waals surface area (Å²) in [5, 5.41) is 7.03. The number of anilines is 1. The van der Waals surface area contributed by atoms with Crippen LogP contribution in [-0.4, -0.2) is 31.1 Å². The number of nitrogens with one attached hydrogen (secondary N) is 1. The van der Waals surface area contributed by atoms with Crippen LogP contribution in [0.15, 0.2) is 72.1 Å². The van der Waals surface area contributed by atoms with Crippen LogP contribution >= 0.6 is 22.9 Å². The average Bonchev–Trinajstić information content (AvgIpc) is 3.25. The quantitative estimate of drug-likeness (QED) is 0.310. The second-order valence-corrected chi connectivity index (χ2v) is 8.53. The predicted molar refractivity (Wildman–Crippen MR) is 134 cm³/mol. The number of fused-ring (bicyclic) bond motifs is 1. The molecule has 0 saturated heterocycles. The second kappa shape index (κ2) is 10.5. The highest BCUT2D eigenvalue weighted by atomic mass is 35.5. The summed E-state index contributed by atoms with van der Waals surface area (Å²) in [4.78, 5) is 37.7. The van der Waals surface area contributed by atoms with Crippen LogP contribution in [0.2, 0.25) is 5.02 Å². The van der Waals surface area contributed by atoms with Gasteiger partial charge in [0.05, 0.1) is 12.2 Å². The van der Waals surface area contributed by atoms with Crippen molar-refractivity contribution in [2.45, 2.75) is 6.92 Å². The van der Waals surface area contributed by atoms with Crippen molar-refractivity contribution in [3.63, 3.8) is 0 Å². The van der Waals surface area contributed by atoms with Gasteiger partial charge in [0.1, 0.15) is 10.6 Å². The summed E-state index contributed by atoms with van der Waals surface area (Å²) in [6.07, 6.45) is 0. The third kappa shape index (κ3) is 5.11. The van der Waals surface area contributed by atoms with E-state index in [2.05, 4.69) is 5.32 Å². The number of carbonyl (C=O) groups is 3. The van der Waals surface area contributed by atoms with Crippen LogP contribution < -0.4 is 5.32 Å². The van der Waals surface area contributed by atoms with Gasteiger partial charge in [0.2, 0.25) is 0 Å². The van der Waals surface area contributed by atoms with E-state index in [0.29, 0.717) is 26.7 Å². The molecule has 172 valence electrons. The van der Waals surface area contributed by atoms with Crippen molar-refractivity contribution < 1.29 is 23.9 Å². The van der Waals surface area contributed by atoms with Gasteiger partial charge in [-0.3, -0.25) is 4.79 Å². The summed E-state index contributed by atoms with van der Waals surface area (Å²) in [6.45, 7) is 1.37. The first kappa shape index (κ1) is 23.5. The van der Waals surface area contributed by atoms with E-state index in [4.69, 9.17) is 21.1 Å². The molecule has 8 heteroatoms. The lowest BCUT2D eigenvalue weighted by Crippen LogP contribution is -2.21. The van der Waals surface area contributed by atoms with Crippen molar-refractivity contribution in [1.82, 2.24) is 0 Å². The van der Waals surface area contributed by atoms with E-state index in [0.717, 1.165) is 22.1 Å². The Morgan fingerprint density at radius 1 is 0.882 bits per heavy atom. The third-order valence-corrected chi connectivity index (χ3v) is 6.23. The summed E-state index contributed by atoms with van der Waals surface area (Å²) >= 11 is 7.48. The zero-order valence-corrected chi connectivity index (χ0v) is 19.7. The van der Waals surface area contributed by atoms with E-state index in [-0.39, 0.29) is 12.2 Å². The molecule has 0 aliphatic carbocycles. The summed E-state index contributed by atoms with van der Waals surface area (Å²) in [7, 11) is 0. The van der Waals surface area contributed by atoms with Gasteiger partial charge in [0.15, 0.2) is 6.61 Å². The van der Waals surface area contributed by atoms with Gasteiger partial charge in [-0.05, 0) is 35.9 Å². The molecule has 1 N–H and O–H groups in total. The maximum absolute atomic E-state index is 12.7. The monoisotopic (exact) mass is 493 g/mol. The molecule has 1 amide bonds. The molecule has 4 aromatic rings. The lowest BCUT2D eigenvalue weighted by Gasteiger charge is -2.10. The Balaban J connectivity index is 1.49. The highest BCUT2D eigenvalue weighted by Crippen LogP contribution is 2.39. The maximum Gasteiger partial charge on any atom is 0.341 e. The minimum Gasteiger partial charge on any atom is -0.462 e. The van der Waals surface area contributed by atoms with Crippen LogP contribution in [0.1, 0.15) is 27.6 Å². The van der Waals surface area contributed by atoms with E-state index in [9.17, 15) is 14.4 Å². The van der Waals surface area contributed by atoms with Gasteiger partial charge in [-0.25, -0.2) is 9.59 Å². The molecule has 0 saturated carbocycles. The van der Waals surface area contributed by atoms with Crippen molar-refractivity contribution in [1.29, 1.82) is 0 Å². The zero-order valence-electron chi connectivity index (χ0n) is 18.2. The Bertz CT molecular complexity index is 1380. The molecular formula is C26H20ClNO5S. The Kier molecular flexibility index (Phi) is 7.25. The molecule has 1 heterocycles. The van der Waals surface area contributed by atoms with Crippen molar-refractivity contribution in [2.24, 2.45) is 0 Å². The molecule has 6 nitrogen and oxygen atoms in total. The topological polar surface area (TPSA) is 81.7 Å². The van der Waals surface area contributed by atoms with Crippen LogP contribution in [0.4, 0.5) is 5.00 Å². The summed E-state index contributed by atoms with van der Waals surface area (Å²) in [5.74, 6) is -1.77. The van der Waals surface area contributed by atoms with E-state index in [1.165, 1.54) is 0 Å². The molecule has 0 aliphatic heterocycles. The van der Waals surface area contributed by atoms with Crippen LogP contribution in [0.25, 0.3) is 21.9 Å². The molecule has 0 bridgehead atoms. The largest absolute Gasteiger partial charge is 0.462 e. The van der Waals surface area contributed by atoms with Crippen LogP contribution in [0.5, 0.6) is 0 Å². The molecule has 34 heavy (non-hydrogen) atoms. The summed E-state index contributed by atoms with van der Waals surface area (Å²) < 4.78 is 10.4. The van der Waals surface area contributed by atoms with Gasteiger partial charge in [-0.1, -0.05) is 60.1 Å². The van der Waals surface area contributed by atoms with E-state index >= 15 is 0 Å². The Morgan fingerprint density at radius 3 is 2.38 bits per heavy atom. The number of benzene rings is 3. The number of carbonyl (C=O) groups excluding carboxylic acids is 3. The van der Waals surface area contributed by atoms with Crippen molar-refractivity contribution in [2.75, 3.05) is 18.5 Å². The smallest absolute Gasteiger partial charge is 0.341 e. The Hall–Kier alpha value is -3.68. The van der Waals surface area contributed by atoms with Crippen molar-refractivity contribution >= 4 is 56.6 Å². The highest BCUT2D eigenvalue weighted by Gasteiger charge is 2.24. The molecule has 0 radical (unpaired) electrons.